The van der Waals surface area contributed by atoms with Gasteiger partial charge in [0, 0.05) is 5.56 Å². The fourth-order valence-corrected chi connectivity index (χ4v) is 4.03. The highest BCUT2D eigenvalue weighted by molar-refractivity contribution is 5.74. The van der Waals surface area contributed by atoms with Gasteiger partial charge in [-0.1, -0.05) is 81.5 Å². The highest BCUT2D eigenvalue weighted by Gasteiger charge is 2.32. The number of hydrogen-bond donors (Lipinski definition) is 0. The lowest BCUT2D eigenvalue weighted by Crippen LogP contribution is -2.51. The first kappa shape index (κ1) is 27.9. The first-order valence-corrected chi connectivity index (χ1v) is 13.2. The molecule has 2 aromatic carbocycles. The zero-order chi connectivity index (χ0) is 24.7. The molecule has 34 heavy (non-hydrogen) atoms. The van der Waals surface area contributed by atoms with E-state index in [0.29, 0.717) is 17.7 Å². The van der Waals surface area contributed by atoms with Crippen LogP contribution < -0.4 is 4.74 Å². The summed E-state index contributed by atoms with van der Waals surface area (Å²) in [7, 11) is 4.15. The minimum absolute atomic E-state index is 0.136. The number of rotatable bonds is 17. The maximum absolute atomic E-state index is 12.5. The highest BCUT2D eigenvalue weighted by Crippen LogP contribution is 2.17. The van der Waals surface area contributed by atoms with Crippen molar-refractivity contribution in [1.82, 2.24) is 0 Å². The minimum atomic E-state index is -0.216. The van der Waals surface area contributed by atoms with Crippen molar-refractivity contribution in [3.8, 4) is 5.75 Å². The molecule has 0 saturated heterocycles. The number of quaternary nitrogens is 1. The quantitative estimate of drug-likeness (QED) is 0.143. The standard InChI is InChI=1S/C30H46NO3/c1-5-6-7-8-9-11-16-27-19-21-29(22-20-27)33-23-14-15-24-34-30(32)26(2)31(3,4)25-28-17-12-10-13-18-28/h10,12-13,17-22,26H,5-9,11,14-16,23-25H2,1-4H3/q+1. The van der Waals surface area contributed by atoms with Crippen LogP contribution in [0.3, 0.4) is 0 Å². The van der Waals surface area contributed by atoms with Gasteiger partial charge >= 0.3 is 5.97 Å². The third kappa shape index (κ3) is 10.7. The molecule has 1 unspecified atom stereocenters. The van der Waals surface area contributed by atoms with Gasteiger partial charge in [0.1, 0.15) is 12.3 Å². The molecular formula is C30H46NO3+. The van der Waals surface area contributed by atoms with Crippen molar-refractivity contribution in [1.29, 1.82) is 0 Å². The van der Waals surface area contributed by atoms with Crippen molar-refractivity contribution in [2.75, 3.05) is 27.3 Å². The predicted molar refractivity (Wildman–Crippen MR) is 141 cm³/mol. The van der Waals surface area contributed by atoms with Gasteiger partial charge in [-0.25, -0.2) is 4.79 Å². The largest absolute Gasteiger partial charge is 0.494 e. The van der Waals surface area contributed by atoms with Crippen molar-refractivity contribution in [3.05, 3.63) is 65.7 Å². The Hall–Kier alpha value is -2.33. The van der Waals surface area contributed by atoms with Crippen molar-refractivity contribution in [2.45, 2.75) is 84.2 Å². The Morgan fingerprint density at radius 1 is 0.794 bits per heavy atom. The number of esters is 1. The molecule has 2 aromatic rings. The van der Waals surface area contributed by atoms with Gasteiger partial charge in [0.15, 0.2) is 6.04 Å². The van der Waals surface area contributed by atoms with E-state index in [2.05, 4.69) is 57.4 Å². The zero-order valence-corrected chi connectivity index (χ0v) is 21.9. The van der Waals surface area contributed by atoms with Gasteiger partial charge in [-0.05, 0) is 50.3 Å². The van der Waals surface area contributed by atoms with E-state index in [0.717, 1.165) is 31.6 Å². The fourth-order valence-electron chi connectivity index (χ4n) is 4.03. The summed E-state index contributed by atoms with van der Waals surface area (Å²) >= 11 is 0. The van der Waals surface area contributed by atoms with E-state index in [4.69, 9.17) is 9.47 Å². The smallest absolute Gasteiger partial charge is 0.364 e. The normalized spacial score (nSPS) is 12.4. The molecule has 0 bridgehead atoms. The number of hydrogen-bond acceptors (Lipinski definition) is 3. The van der Waals surface area contributed by atoms with Crippen molar-refractivity contribution in [2.24, 2.45) is 0 Å². The summed E-state index contributed by atoms with van der Waals surface area (Å²) in [5.41, 5.74) is 2.61. The Kier molecular flexibility index (Phi) is 12.8. The molecule has 0 aliphatic heterocycles. The summed E-state index contributed by atoms with van der Waals surface area (Å²) < 4.78 is 12.0. The number of carbonyl (C=O) groups is 1. The van der Waals surface area contributed by atoms with Gasteiger partial charge in [-0.3, -0.25) is 0 Å². The maximum Gasteiger partial charge on any atom is 0.364 e. The molecule has 0 aromatic heterocycles. The van der Waals surface area contributed by atoms with Crippen LogP contribution in [0.25, 0.3) is 0 Å². The van der Waals surface area contributed by atoms with E-state index in [-0.39, 0.29) is 12.0 Å². The molecule has 0 fully saturated rings. The lowest BCUT2D eigenvalue weighted by atomic mass is 10.0. The minimum Gasteiger partial charge on any atom is -0.494 e. The molecule has 0 aliphatic carbocycles. The Morgan fingerprint density at radius 2 is 1.44 bits per heavy atom. The number of benzene rings is 2. The van der Waals surface area contributed by atoms with Gasteiger partial charge in [0.2, 0.25) is 0 Å². The first-order valence-electron chi connectivity index (χ1n) is 13.2. The fraction of sp³-hybridized carbons (Fsp3) is 0.567. The molecule has 4 nitrogen and oxygen atoms in total. The number of ether oxygens (including phenoxy) is 2. The van der Waals surface area contributed by atoms with Crippen LogP contribution in [0.15, 0.2) is 54.6 Å². The molecule has 0 spiro atoms. The van der Waals surface area contributed by atoms with Gasteiger partial charge in [-0.2, -0.15) is 0 Å². The molecule has 188 valence electrons. The van der Waals surface area contributed by atoms with Crippen LogP contribution in [0.5, 0.6) is 5.75 Å². The van der Waals surface area contributed by atoms with E-state index >= 15 is 0 Å². The van der Waals surface area contributed by atoms with Crippen LogP contribution in [0, 0.1) is 0 Å². The van der Waals surface area contributed by atoms with E-state index in [1.54, 1.807) is 0 Å². The Balaban J connectivity index is 1.57. The average Bonchev–Trinajstić information content (AvgIpc) is 2.84. The van der Waals surface area contributed by atoms with Crippen LogP contribution >= 0.6 is 0 Å². The van der Waals surface area contributed by atoms with E-state index in [1.165, 1.54) is 49.7 Å². The molecular weight excluding hydrogens is 422 g/mol. The summed E-state index contributed by atoms with van der Waals surface area (Å²) in [5.74, 6) is 0.778. The topological polar surface area (TPSA) is 35.5 Å². The second-order valence-electron chi connectivity index (χ2n) is 9.98. The van der Waals surface area contributed by atoms with E-state index in [1.807, 2.05) is 25.1 Å². The Bertz CT molecular complexity index is 802. The molecule has 0 saturated carbocycles. The number of unbranched alkanes of at least 4 members (excludes halogenated alkanes) is 6. The summed E-state index contributed by atoms with van der Waals surface area (Å²) in [5, 5.41) is 0. The van der Waals surface area contributed by atoms with Crippen LogP contribution in [0.1, 0.15) is 76.3 Å². The maximum atomic E-state index is 12.5. The predicted octanol–water partition coefficient (Wildman–Crippen LogP) is 6.96. The van der Waals surface area contributed by atoms with Crippen LogP contribution in [-0.4, -0.2) is 43.8 Å². The molecule has 0 aliphatic rings. The number of aryl methyl sites for hydroxylation is 1. The van der Waals surface area contributed by atoms with E-state index in [9.17, 15) is 4.79 Å². The Labute approximate surface area is 207 Å². The van der Waals surface area contributed by atoms with Crippen molar-refractivity contribution >= 4 is 5.97 Å². The summed E-state index contributed by atoms with van der Waals surface area (Å²) in [6, 6.07) is 18.6. The third-order valence-electron chi connectivity index (χ3n) is 6.62. The van der Waals surface area contributed by atoms with Crippen LogP contribution in [0.4, 0.5) is 0 Å². The van der Waals surface area contributed by atoms with Crippen molar-refractivity contribution < 1.29 is 18.8 Å². The summed E-state index contributed by atoms with van der Waals surface area (Å²) in [4.78, 5) is 12.5. The molecule has 1 atom stereocenters. The summed E-state index contributed by atoms with van der Waals surface area (Å²) in [6.45, 7) is 6.08. The number of nitrogens with zero attached hydrogens (tertiary/aromatic N) is 1. The lowest BCUT2D eigenvalue weighted by Gasteiger charge is -2.34. The van der Waals surface area contributed by atoms with Gasteiger partial charge in [-0.15, -0.1) is 0 Å². The second-order valence-corrected chi connectivity index (χ2v) is 9.98. The summed E-state index contributed by atoms with van der Waals surface area (Å²) in [6.07, 6.45) is 10.8. The third-order valence-corrected chi connectivity index (χ3v) is 6.62. The number of likely N-dealkylation sites (N-methyl/N-ethyl adjacent to an activating group) is 1. The second kappa shape index (κ2) is 15.5. The first-order chi connectivity index (χ1) is 16.4. The molecule has 0 N–H and O–H groups in total. The molecule has 2 rings (SSSR count). The molecule has 0 radical (unpaired) electrons. The van der Waals surface area contributed by atoms with Gasteiger partial charge in [0.05, 0.1) is 27.3 Å². The number of carbonyl (C=O) groups excluding carboxylic acids is 1. The van der Waals surface area contributed by atoms with Gasteiger partial charge in [0.25, 0.3) is 0 Å². The molecule has 4 heteroatoms. The average molecular weight is 469 g/mol. The highest BCUT2D eigenvalue weighted by atomic mass is 16.5. The molecule has 0 amide bonds. The van der Waals surface area contributed by atoms with Crippen LogP contribution in [-0.2, 0) is 22.5 Å². The lowest BCUT2D eigenvalue weighted by molar-refractivity contribution is -0.917. The van der Waals surface area contributed by atoms with E-state index < -0.39 is 0 Å². The van der Waals surface area contributed by atoms with Crippen molar-refractivity contribution in [3.63, 3.8) is 0 Å². The zero-order valence-electron chi connectivity index (χ0n) is 21.9. The molecule has 0 heterocycles. The monoisotopic (exact) mass is 468 g/mol. The van der Waals surface area contributed by atoms with Gasteiger partial charge < -0.3 is 14.0 Å². The SMILES string of the molecule is CCCCCCCCc1ccc(OCCCCOC(=O)C(C)[N+](C)(C)Cc2ccccc2)cc1. The Morgan fingerprint density at radius 3 is 2.15 bits per heavy atom. The van der Waals surface area contributed by atoms with Crippen LogP contribution in [0.2, 0.25) is 0 Å².